The highest BCUT2D eigenvalue weighted by Gasteiger charge is 2.14. The van der Waals surface area contributed by atoms with Crippen LogP contribution in [0.25, 0.3) is 11.3 Å². The number of benzene rings is 1. The second-order valence-corrected chi connectivity index (χ2v) is 6.31. The van der Waals surface area contributed by atoms with Gasteiger partial charge >= 0.3 is 0 Å². The summed E-state index contributed by atoms with van der Waals surface area (Å²) in [5.41, 5.74) is 2.33. The molecule has 2 heterocycles. The second-order valence-electron chi connectivity index (χ2n) is 6.31. The molecule has 9 nitrogen and oxygen atoms in total. The highest BCUT2D eigenvalue weighted by Crippen LogP contribution is 2.19. The summed E-state index contributed by atoms with van der Waals surface area (Å²) in [5.74, 6) is -0.0135. The largest absolute Gasteiger partial charge is 0.481 e. The van der Waals surface area contributed by atoms with E-state index in [9.17, 15) is 9.59 Å². The molecule has 156 valence electrons. The SMILES string of the molecule is COc1ccc(C(=O)NCCCNC(=O)c2cc(-c3ccccc3)n[nH]2)c(OC)n1. The van der Waals surface area contributed by atoms with Gasteiger partial charge in [0.15, 0.2) is 0 Å². The zero-order valence-electron chi connectivity index (χ0n) is 16.8. The first-order valence-corrected chi connectivity index (χ1v) is 9.38. The van der Waals surface area contributed by atoms with Gasteiger partial charge in [-0.05, 0) is 18.6 Å². The van der Waals surface area contributed by atoms with E-state index in [1.54, 1.807) is 18.2 Å². The van der Waals surface area contributed by atoms with Crippen molar-refractivity contribution in [3.05, 3.63) is 59.8 Å². The molecule has 0 fully saturated rings. The molecule has 0 aliphatic rings. The number of nitrogens with zero attached hydrogens (tertiary/aromatic N) is 2. The Hall–Kier alpha value is -3.88. The molecule has 0 saturated carbocycles. The normalized spacial score (nSPS) is 10.3. The number of ether oxygens (including phenoxy) is 2. The van der Waals surface area contributed by atoms with Crippen LogP contribution in [0.1, 0.15) is 27.3 Å². The zero-order chi connectivity index (χ0) is 21.3. The van der Waals surface area contributed by atoms with Crippen LogP contribution in [-0.4, -0.2) is 54.3 Å². The molecule has 3 N–H and O–H groups in total. The second kappa shape index (κ2) is 10.1. The molecule has 1 aromatic carbocycles. The predicted molar refractivity (Wildman–Crippen MR) is 111 cm³/mol. The average molecular weight is 409 g/mol. The van der Waals surface area contributed by atoms with Crippen molar-refractivity contribution >= 4 is 11.8 Å². The molecule has 0 spiro atoms. The summed E-state index contributed by atoms with van der Waals surface area (Å²) in [4.78, 5) is 28.6. The van der Waals surface area contributed by atoms with Crippen molar-refractivity contribution in [3.63, 3.8) is 0 Å². The van der Waals surface area contributed by atoms with Crippen LogP contribution < -0.4 is 20.1 Å². The minimum absolute atomic E-state index is 0.189. The Morgan fingerprint density at radius 1 is 0.967 bits per heavy atom. The third-order valence-corrected chi connectivity index (χ3v) is 4.30. The molecule has 0 atom stereocenters. The number of amides is 2. The van der Waals surface area contributed by atoms with Crippen molar-refractivity contribution in [1.82, 2.24) is 25.8 Å². The summed E-state index contributed by atoms with van der Waals surface area (Å²) >= 11 is 0. The van der Waals surface area contributed by atoms with Gasteiger partial charge < -0.3 is 20.1 Å². The van der Waals surface area contributed by atoms with E-state index in [-0.39, 0.29) is 17.7 Å². The van der Waals surface area contributed by atoms with Crippen molar-refractivity contribution in [2.75, 3.05) is 27.3 Å². The van der Waals surface area contributed by atoms with E-state index in [4.69, 9.17) is 9.47 Å². The molecule has 3 rings (SSSR count). The molecule has 0 saturated heterocycles. The van der Waals surface area contributed by atoms with E-state index in [1.807, 2.05) is 30.3 Å². The van der Waals surface area contributed by atoms with Crippen LogP contribution in [0.5, 0.6) is 11.8 Å². The molecule has 0 radical (unpaired) electrons. The molecule has 9 heteroatoms. The lowest BCUT2D eigenvalue weighted by atomic mass is 10.1. The molecule has 0 bridgehead atoms. The van der Waals surface area contributed by atoms with Gasteiger partial charge in [0.05, 0.1) is 19.9 Å². The molecule has 30 heavy (non-hydrogen) atoms. The lowest BCUT2D eigenvalue weighted by molar-refractivity contribution is 0.0947. The predicted octanol–water partition coefficient (Wildman–Crippen LogP) is 2.04. The number of nitrogens with one attached hydrogen (secondary N) is 3. The molecular formula is C21H23N5O4. The third kappa shape index (κ3) is 5.13. The minimum atomic E-state index is -0.311. The summed E-state index contributed by atoms with van der Waals surface area (Å²) in [7, 11) is 2.92. The van der Waals surface area contributed by atoms with Gasteiger partial charge in [-0.25, -0.2) is 0 Å². The molecule has 2 amide bonds. The van der Waals surface area contributed by atoms with Crippen molar-refractivity contribution in [3.8, 4) is 23.0 Å². The number of methoxy groups -OCH3 is 2. The highest BCUT2D eigenvalue weighted by molar-refractivity contribution is 5.96. The first kappa shape index (κ1) is 20.8. The van der Waals surface area contributed by atoms with Crippen molar-refractivity contribution in [1.29, 1.82) is 0 Å². The summed E-state index contributed by atoms with van der Waals surface area (Å²) in [6, 6.07) is 14.5. The maximum Gasteiger partial charge on any atom is 0.269 e. The molecule has 0 aliphatic carbocycles. The Labute approximate surface area is 173 Å². The molecule has 0 aliphatic heterocycles. The van der Waals surface area contributed by atoms with Gasteiger partial charge in [-0.2, -0.15) is 10.1 Å². The van der Waals surface area contributed by atoms with E-state index in [0.717, 1.165) is 5.56 Å². The maximum absolute atomic E-state index is 12.3. The van der Waals surface area contributed by atoms with E-state index in [0.29, 0.717) is 42.3 Å². The quantitative estimate of drug-likeness (QED) is 0.466. The third-order valence-electron chi connectivity index (χ3n) is 4.30. The first-order valence-electron chi connectivity index (χ1n) is 9.38. The number of aromatic nitrogens is 3. The van der Waals surface area contributed by atoms with Crippen molar-refractivity contribution < 1.29 is 19.1 Å². The minimum Gasteiger partial charge on any atom is -0.481 e. The zero-order valence-corrected chi connectivity index (χ0v) is 16.8. The Bertz CT molecular complexity index is 1000. The smallest absolute Gasteiger partial charge is 0.269 e. The fourth-order valence-corrected chi connectivity index (χ4v) is 2.74. The van der Waals surface area contributed by atoms with Gasteiger partial charge in [0.25, 0.3) is 11.8 Å². The lowest BCUT2D eigenvalue weighted by Gasteiger charge is -2.10. The number of hydrogen-bond donors (Lipinski definition) is 3. The lowest BCUT2D eigenvalue weighted by Crippen LogP contribution is -2.30. The van der Waals surface area contributed by atoms with Gasteiger partial charge in [0.2, 0.25) is 11.8 Å². The number of carbonyl (C=O) groups is 2. The Kier molecular flexibility index (Phi) is 6.99. The van der Waals surface area contributed by atoms with E-state index < -0.39 is 0 Å². The van der Waals surface area contributed by atoms with Crippen LogP contribution in [-0.2, 0) is 0 Å². The summed E-state index contributed by atoms with van der Waals surface area (Å²) in [6.07, 6.45) is 0.559. The van der Waals surface area contributed by atoms with Crippen LogP contribution in [0.2, 0.25) is 0 Å². The van der Waals surface area contributed by atoms with Crippen LogP contribution in [0, 0.1) is 0 Å². The van der Waals surface area contributed by atoms with E-state index in [1.165, 1.54) is 14.2 Å². The number of carbonyl (C=O) groups excluding carboxylic acids is 2. The van der Waals surface area contributed by atoms with Crippen molar-refractivity contribution in [2.24, 2.45) is 0 Å². The highest BCUT2D eigenvalue weighted by atomic mass is 16.5. The fraction of sp³-hybridized carbons (Fsp3) is 0.238. The van der Waals surface area contributed by atoms with Gasteiger partial charge in [-0.1, -0.05) is 30.3 Å². The van der Waals surface area contributed by atoms with Gasteiger partial charge in [-0.15, -0.1) is 0 Å². The summed E-state index contributed by atoms with van der Waals surface area (Å²) in [6.45, 7) is 0.781. The molecule has 3 aromatic rings. The average Bonchev–Trinajstić information content (AvgIpc) is 3.29. The van der Waals surface area contributed by atoms with Crippen LogP contribution in [0.15, 0.2) is 48.5 Å². The van der Waals surface area contributed by atoms with Crippen molar-refractivity contribution in [2.45, 2.75) is 6.42 Å². The number of hydrogen-bond acceptors (Lipinski definition) is 6. The monoisotopic (exact) mass is 409 g/mol. The Balaban J connectivity index is 1.44. The maximum atomic E-state index is 12.3. The van der Waals surface area contributed by atoms with Gasteiger partial charge in [0.1, 0.15) is 11.3 Å². The number of pyridine rings is 1. The number of rotatable bonds is 9. The summed E-state index contributed by atoms with van der Waals surface area (Å²) < 4.78 is 10.2. The standard InChI is InChI=1S/C21H23N5O4/c1-29-18-10-9-15(21(24-18)30-2)19(27)22-11-6-12-23-20(28)17-13-16(25-26-17)14-7-4-3-5-8-14/h3-5,7-10,13H,6,11-12H2,1-2H3,(H,22,27)(H,23,28)(H,25,26). The summed E-state index contributed by atoms with van der Waals surface area (Å²) in [5, 5.41) is 12.5. The number of H-pyrrole nitrogens is 1. The van der Waals surface area contributed by atoms with Gasteiger partial charge in [0, 0.05) is 24.7 Å². The van der Waals surface area contributed by atoms with Crippen LogP contribution in [0.3, 0.4) is 0 Å². The Morgan fingerprint density at radius 3 is 2.40 bits per heavy atom. The fourth-order valence-electron chi connectivity index (χ4n) is 2.74. The number of aromatic amines is 1. The molecule has 2 aromatic heterocycles. The molecule has 0 unspecified atom stereocenters. The Morgan fingerprint density at radius 2 is 1.70 bits per heavy atom. The molecular weight excluding hydrogens is 386 g/mol. The van der Waals surface area contributed by atoms with Gasteiger partial charge in [-0.3, -0.25) is 14.7 Å². The van der Waals surface area contributed by atoms with Crippen LogP contribution in [0.4, 0.5) is 0 Å². The van der Waals surface area contributed by atoms with E-state index >= 15 is 0 Å². The first-order chi connectivity index (χ1) is 14.6. The van der Waals surface area contributed by atoms with Crippen LogP contribution >= 0.6 is 0 Å². The van der Waals surface area contributed by atoms with E-state index in [2.05, 4.69) is 25.8 Å². The topological polar surface area (TPSA) is 118 Å².